The minimum absolute atomic E-state index is 0.190. The third kappa shape index (κ3) is 6.93. The van der Waals surface area contributed by atoms with Gasteiger partial charge >= 0.3 is 0 Å². The van der Waals surface area contributed by atoms with E-state index in [1.165, 1.54) is 0 Å². The fourth-order valence-corrected chi connectivity index (χ4v) is 2.98. The molecule has 0 saturated heterocycles. The van der Waals surface area contributed by atoms with Crippen molar-refractivity contribution < 1.29 is 23.8 Å². The standard InChI is InChI=1S/C24H30O5/c1-17(2)15-23(26)22-11-12-24(19(4)18(22)3)28-14-6-5-13-27-20-7-9-21(10-8-20)29-16-25/h7-12,16-17H,5-6,13-15H2,1-4H3. The van der Waals surface area contributed by atoms with Crippen LogP contribution in [0.3, 0.4) is 0 Å². The lowest BCUT2D eigenvalue weighted by Gasteiger charge is -2.15. The normalized spacial score (nSPS) is 10.7. The zero-order chi connectivity index (χ0) is 21.2. The molecule has 5 heteroatoms. The van der Waals surface area contributed by atoms with E-state index in [-0.39, 0.29) is 5.78 Å². The second kappa shape index (κ2) is 11.2. The Bertz CT molecular complexity index is 809. The predicted octanol–water partition coefficient (Wildman–Crippen LogP) is 5.31. The molecule has 0 aliphatic heterocycles. The van der Waals surface area contributed by atoms with E-state index in [4.69, 9.17) is 14.2 Å². The molecular weight excluding hydrogens is 368 g/mol. The molecule has 5 nitrogen and oxygen atoms in total. The van der Waals surface area contributed by atoms with E-state index >= 15 is 0 Å². The van der Waals surface area contributed by atoms with Gasteiger partial charge in [-0.15, -0.1) is 0 Å². The molecule has 0 bridgehead atoms. The number of ketones is 1. The van der Waals surface area contributed by atoms with E-state index in [1.807, 2.05) is 26.0 Å². The van der Waals surface area contributed by atoms with E-state index in [0.717, 1.165) is 41.0 Å². The highest BCUT2D eigenvalue weighted by Crippen LogP contribution is 2.26. The molecule has 2 rings (SSSR count). The van der Waals surface area contributed by atoms with E-state index < -0.39 is 0 Å². The van der Waals surface area contributed by atoms with Crippen molar-refractivity contribution in [2.75, 3.05) is 13.2 Å². The highest BCUT2D eigenvalue weighted by Gasteiger charge is 2.14. The van der Waals surface area contributed by atoms with Crippen LogP contribution in [0.25, 0.3) is 0 Å². The van der Waals surface area contributed by atoms with Crippen molar-refractivity contribution in [2.45, 2.75) is 47.0 Å². The largest absolute Gasteiger partial charge is 0.494 e. The Hall–Kier alpha value is -2.82. The van der Waals surface area contributed by atoms with Crippen LogP contribution in [0.5, 0.6) is 17.2 Å². The summed E-state index contributed by atoms with van der Waals surface area (Å²) in [6.07, 6.45) is 2.28. The minimum atomic E-state index is 0.190. The van der Waals surface area contributed by atoms with E-state index in [2.05, 4.69) is 13.8 Å². The number of hydrogen-bond acceptors (Lipinski definition) is 5. The van der Waals surface area contributed by atoms with Gasteiger partial charge in [-0.05, 0) is 80.1 Å². The number of carbonyl (C=O) groups is 2. The highest BCUT2D eigenvalue weighted by atomic mass is 16.5. The van der Waals surface area contributed by atoms with Gasteiger partial charge in [-0.3, -0.25) is 9.59 Å². The Labute approximate surface area is 173 Å². The molecule has 2 aromatic rings. The Morgan fingerprint density at radius 1 is 0.897 bits per heavy atom. The molecule has 2 aromatic carbocycles. The van der Waals surface area contributed by atoms with Gasteiger partial charge in [-0.1, -0.05) is 13.8 Å². The number of benzene rings is 2. The molecule has 0 saturated carbocycles. The Morgan fingerprint density at radius 3 is 2.14 bits per heavy atom. The number of rotatable bonds is 12. The molecule has 0 spiro atoms. The van der Waals surface area contributed by atoms with Crippen LogP contribution in [0.4, 0.5) is 0 Å². The lowest BCUT2D eigenvalue weighted by Crippen LogP contribution is -2.08. The Morgan fingerprint density at radius 2 is 1.52 bits per heavy atom. The maximum Gasteiger partial charge on any atom is 0.298 e. The molecule has 29 heavy (non-hydrogen) atoms. The van der Waals surface area contributed by atoms with Crippen LogP contribution >= 0.6 is 0 Å². The summed E-state index contributed by atoms with van der Waals surface area (Å²) in [5.74, 6) is 2.59. The summed E-state index contributed by atoms with van der Waals surface area (Å²) in [7, 11) is 0. The van der Waals surface area contributed by atoms with Gasteiger partial charge in [0.25, 0.3) is 6.47 Å². The molecule has 0 radical (unpaired) electrons. The van der Waals surface area contributed by atoms with Gasteiger partial charge in [0.15, 0.2) is 5.78 Å². The molecule has 0 aromatic heterocycles. The van der Waals surface area contributed by atoms with Gasteiger partial charge in [0.2, 0.25) is 0 Å². The molecule has 0 atom stereocenters. The zero-order valence-electron chi connectivity index (χ0n) is 17.7. The van der Waals surface area contributed by atoms with Crippen LogP contribution in [0.2, 0.25) is 0 Å². The SMILES string of the molecule is Cc1c(OCCCCOc2ccc(OC=O)cc2)ccc(C(=O)CC(C)C)c1C. The lowest BCUT2D eigenvalue weighted by atomic mass is 9.95. The van der Waals surface area contributed by atoms with Crippen molar-refractivity contribution in [3.05, 3.63) is 53.1 Å². The van der Waals surface area contributed by atoms with Crippen molar-refractivity contribution in [2.24, 2.45) is 5.92 Å². The number of Topliss-reactive ketones (excluding diaryl/α,β-unsaturated/α-hetero) is 1. The van der Waals surface area contributed by atoms with Gasteiger partial charge in [0, 0.05) is 12.0 Å². The fraction of sp³-hybridized carbons (Fsp3) is 0.417. The lowest BCUT2D eigenvalue weighted by molar-refractivity contribution is -0.120. The van der Waals surface area contributed by atoms with Crippen molar-refractivity contribution in [3.8, 4) is 17.2 Å². The first kappa shape index (κ1) is 22.5. The smallest absolute Gasteiger partial charge is 0.298 e. The average molecular weight is 398 g/mol. The van der Waals surface area contributed by atoms with Gasteiger partial charge in [0.1, 0.15) is 17.2 Å². The summed E-state index contributed by atoms with van der Waals surface area (Å²) >= 11 is 0. The summed E-state index contributed by atoms with van der Waals surface area (Å²) in [6.45, 7) is 9.66. The molecule has 0 aliphatic rings. The van der Waals surface area contributed by atoms with Crippen molar-refractivity contribution in [1.82, 2.24) is 0 Å². The maximum absolute atomic E-state index is 12.4. The van der Waals surface area contributed by atoms with E-state index in [0.29, 0.717) is 37.8 Å². The van der Waals surface area contributed by atoms with Crippen molar-refractivity contribution in [3.63, 3.8) is 0 Å². The topological polar surface area (TPSA) is 61.8 Å². The monoisotopic (exact) mass is 398 g/mol. The first-order valence-corrected chi connectivity index (χ1v) is 10.0. The van der Waals surface area contributed by atoms with Gasteiger partial charge in [-0.25, -0.2) is 0 Å². The van der Waals surface area contributed by atoms with E-state index in [1.54, 1.807) is 24.3 Å². The third-order valence-corrected chi connectivity index (χ3v) is 4.70. The Kier molecular flexibility index (Phi) is 8.71. The van der Waals surface area contributed by atoms with Crippen LogP contribution in [0, 0.1) is 19.8 Å². The number of unbranched alkanes of at least 4 members (excludes halogenated alkanes) is 1. The molecule has 0 unspecified atom stereocenters. The molecule has 0 heterocycles. The summed E-state index contributed by atoms with van der Waals surface area (Å²) in [6, 6.07) is 10.7. The molecule has 156 valence electrons. The quantitative estimate of drug-likeness (QED) is 0.276. The molecule has 0 N–H and O–H groups in total. The molecule has 0 aliphatic carbocycles. The highest BCUT2D eigenvalue weighted by molar-refractivity contribution is 5.98. The fourth-order valence-electron chi connectivity index (χ4n) is 2.98. The summed E-state index contributed by atoms with van der Waals surface area (Å²) in [4.78, 5) is 22.6. The molecule has 0 amide bonds. The van der Waals surface area contributed by atoms with Crippen LogP contribution in [0.1, 0.15) is 54.6 Å². The van der Waals surface area contributed by atoms with Gasteiger partial charge < -0.3 is 14.2 Å². The van der Waals surface area contributed by atoms with Crippen LogP contribution in [-0.4, -0.2) is 25.5 Å². The summed E-state index contributed by atoms with van der Waals surface area (Å²) < 4.78 is 16.3. The van der Waals surface area contributed by atoms with Gasteiger partial charge in [0.05, 0.1) is 13.2 Å². The van der Waals surface area contributed by atoms with Crippen LogP contribution in [-0.2, 0) is 4.79 Å². The zero-order valence-corrected chi connectivity index (χ0v) is 17.7. The van der Waals surface area contributed by atoms with E-state index in [9.17, 15) is 9.59 Å². The first-order chi connectivity index (χ1) is 13.9. The number of carbonyl (C=O) groups excluding carboxylic acids is 2. The van der Waals surface area contributed by atoms with Crippen LogP contribution < -0.4 is 14.2 Å². The van der Waals surface area contributed by atoms with Crippen molar-refractivity contribution in [1.29, 1.82) is 0 Å². The summed E-state index contributed by atoms with van der Waals surface area (Å²) in [5.41, 5.74) is 2.81. The number of hydrogen-bond donors (Lipinski definition) is 0. The second-order valence-electron chi connectivity index (χ2n) is 7.47. The van der Waals surface area contributed by atoms with Crippen molar-refractivity contribution >= 4 is 12.3 Å². The average Bonchev–Trinajstić information content (AvgIpc) is 2.68. The Balaban J connectivity index is 1.75. The minimum Gasteiger partial charge on any atom is -0.494 e. The maximum atomic E-state index is 12.4. The van der Waals surface area contributed by atoms with Gasteiger partial charge in [-0.2, -0.15) is 0 Å². The molecule has 0 fully saturated rings. The third-order valence-electron chi connectivity index (χ3n) is 4.70. The molecular formula is C24H30O5. The predicted molar refractivity (Wildman–Crippen MR) is 113 cm³/mol. The number of ether oxygens (including phenoxy) is 3. The summed E-state index contributed by atoms with van der Waals surface area (Å²) in [5, 5.41) is 0. The second-order valence-corrected chi connectivity index (χ2v) is 7.47. The van der Waals surface area contributed by atoms with Crippen LogP contribution in [0.15, 0.2) is 36.4 Å². The first-order valence-electron chi connectivity index (χ1n) is 10.0.